The molecular formula is C23H28F2N2O4S. The van der Waals surface area contributed by atoms with Crippen molar-refractivity contribution in [2.75, 3.05) is 5.32 Å². The van der Waals surface area contributed by atoms with E-state index in [9.17, 15) is 22.0 Å². The number of anilines is 1. The smallest absolute Gasteiger partial charge is 0.259 e. The molecule has 9 heteroatoms. The predicted molar refractivity (Wildman–Crippen MR) is 124 cm³/mol. The summed E-state index contributed by atoms with van der Waals surface area (Å²) in [5, 5.41) is 7.72. The normalized spacial score (nSPS) is 11.8. The average Bonchev–Trinajstić information content (AvgIpc) is 2.69. The molecule has 0 aliphatic heterocycles. The molecule has 0 fully saturated rings. The third-order valence-electron chi connectivity index (χ3n) is 4.63. The van der Waals surface area contributed by atoms with Crippen molar-refractivity contribution in [1.29, 1.82) is 0 Å². The van der Waals surface area contributed by atoms with Gasteiger partial charge in [0.15, 0.2) is 11.6 Å². The summed E-state index contributed by atoms with van der Waals surface area (Å²) in [5.41, 5.74) is 0.795. The van der Waals surface area contributed by atoms with Crippen LogP contribution in [0.1, 0.15) is 41.0 Å². The lowest BCUT2D eigenvalue weighted by Crippen LogP contribution is -2.17. The van der Waals surface area contributed by atoms with Crippen LogP contribution in [0.4, 0.5) is 14.5 Å². The number of sulfonamides is 1. The molecule has 0 heterocycles. The van der Waals surface area contributed by atoms with Gasteiger partial charge in [0, 0.05) is 16.0 Å². The second-order valence-electron chi connectivity index (χ2n) is 8.16. The largest absolute Gasteiger partial charge is 0.453 e. The van der Waals surface area contributed by atoms with E-state index in [1.54, 1.807) is 12.1 Å². The molecule has 0 unspecified atom stereocenters. The Morgan fingerprint density at radius 3 is 2.34 bits per heavy atom. The first kappa shape index (κ1) is 23.4. The molecule has 0 spiro atoms. The number of nitrogens with one attached hydrogen (secondary N) is 1. The molecule has 0 saturated heterocycles. The van der Waals surface area contributed by atoms with Crippen LogP contribution in [-0.2, 0) is 15.4 Å². The molecule has 0 aliphatic carbocycles. The van der Waals surface area contributed by atoms with Crippen molar-refractivity contribution in [3.63, 3.8) is 0 Å². The Balaban J connectivity index is 0.00000385. The minimum Gasteiger partial charge on any atom is -0.453 e. The van der Waals surface area contributed by atoms with Gasteiger partial charge < -0.3 is 10.1 Å². The highest BCUT2D eigenvalue weighted by Crippen LogP contribution is 2.33. The Bertz CT molecular complexity index is 1300. The number of nitrogens with two attached hydrogens (primary N) is 1. The van der Waals surface area contributed by atoms with Gasteiger partial charge in [-0.15, -0.1) is 0 Å². The van der Waals surface area contributed by atoms with E-state index in [2.05, 4.69) is 5.32 Å². The predicted octanol–water partition coefficient (Wildman–Crippen LogP) is 5.69. The molecule has 0 aromatic heterocycles. The molecule has 3 rings (SSSR count). The average molecular weight is 467 g/mol. The molecule has 174 valence electrons. The van der Waals surface area contributed by atoms with Crippen LogP contribution in [0.2, 0.25) is 0 Å². The molecule has 0 atom stereocenters. The standard InChI is InChI=1S/C23H22F2N2O4S.3H2/c1-23(2,3)14-7-9-18(21(11-14)31-20-10-8-15(24)12-19(20)25)22(28)27-16-5-4-6-17(13-16)32(26,29)30;;;/h4-13H,1-3H3,(H,27,28)(H2,26,29,30);3*1H. The first-order chi connectivity index (χ1) is 14.8. The van der Waals surface area contributed by atoms with Gasteiger partial charge in [-0.25, -0.2) is 22.3 Å². The van der Waals surface area contributed by atoms with Crippen LogP contribution in [0.25, 0.3) is 0 Å². The van der Waals surface area contributed by atoms with Crippen molar-refractivity contribution in [1.82, 2.24) is 0 Å². The maximum absolute atomic E-state index is 14.2. The summed E-state index contributed by atoms with van der Waals surface area (Å²) in [6.07, 6.45) is 0. The lowest BCUT2D eigenvalue weighted by atomic mass is 9.86. The van der Waals surface area contributed by atoms with Crippen molar-refractivity contribution < 1.29 is 31.0 Å². The number of hydrogen-bond donors (Lipinski definition) is 2. The van der Waals surface area contributed by atoms with Crippen LogP contribution in [0.5, 0.6) is 11.5 Å². The molecule has 1 amide bonds. The summed E-state index contributed by atoms with van der Waals surface area (Å²) in [6.45, 7) is 5.88. The van der Waals surface area contributed by atoms with Gasteiger partial charge in [0.2, 0.25) is 10.0 Å². The first-order valence-corrected chi connectivity index (χ1v) is 11.1. The lowest BCUT2D eigenvalue weighted by molar-refractivity contribution is 0.102. The molecule has 0 aliphatic rings. The molecule has 0 radical (unpaired) electrons. The van der Waals surface area contributed by atoms with E-state index >= 15 is 0 Å². The summed E-state index contributed by atoms with van der Waals surface area (Å²) >= 11 is 0. The molecule has 3 aromatic rings. The van der Waals surface area contributed by atoms with Crippen LogP contribution in [0.15, 0.2) is 65.6 Å². The zero-order chi connectivity index (χ0) is 23.7. The monoisotopic (exact) mass is 466 g/mol. The zero-order valence-corrected chi connectivity index (χ0v) is 18.5. The first-order valence-electron chi connectivity index (χ1n) is 9.56. The number of carbonyl (C=O) groups is 1. The molecule has 32 heavy (non-hydrogen) atoms. The Kier molecular flexibility index (Phi) is 6.34. The van der Waals surface area contributed by atoms with Crippen LogP contribution in [0.3, 0.4) is 0 Å². The highest BCUT2D eigenvalue weighted by Gasteiger charge is 2.21. The van der Waals surface area contributed by atoms with Crippen molar-refractivity contribution in [3.05, 3.63) is 83.4 Å². The Morgan fingerprint density at radius 1 is 1.00 bits per heavy atom. The number of amides is 1. The number of primary sulfonamides is 1. The SMILES string of the molecule is CC(C)(C)c1ccc(C(=O)Nc2cccc(S(N)(=O)=O)c2)c(Oc2ccc(F)cc2F)c1.[HH].[HH].[HH]. The molecular weight excluding hydrogens is 438 g/mol. The van der Waals surface area contributed by atoms with E-state index < -0.39 is 27.6 Å². The third kappa shape index (κ3) is 5.49. The molecule has 3 N–H and O–H groups in total. The van der Waals surface area contributed by atoms with E-state index in [-0.39, 0.29) is 37.3 Å². The minimum absolute atomic E-state index is 0. The molecule has 6 nitrogen and oxygen atoms in total. The summed E-state index contributed by atoms with van der Waals surface area (Å²) < 4.78 is 56.2. The maximum atomic E-state index is 14.2. The van der Waals surface area contributed by atoms with Crippen molar-refractivity contribution >= 4 is 21.6 Å². The minimum atomic E-state index is -3.95. The fourth-order valence-electron chi connectivity index (χ4n) is 2.89. The van der Waals surface area contributed by atoms with E-state index in [1.807, 2.05) is 20.8 Å². The van der Waals surface area contributed by atoms with Crippen molar-refractivity contribution in [2.45, 2.75) is 31.1 Å². The van der Waals surface area contributed by atoms with E-state index in [0.717, 1.165) is 17.7 Å². The van der Waals surface area contributed by atoms with E-state index in [0.29, 0.717) is 6.07 Å². The van der Waals surface area contributed by atoms with Gasteiger partial charge in [0.1, 0.15) is 11.6 Å². The summed E-state index contributed by atoms with van der Waals surface area (Å²) in [6, 6.07) is 13.2. The van der Waals surface area contributed by atoms with E-state index in [1.165, 1.54) is 30.3 Å². The highest BCUT2D eigenvalue weighted by molar-refractivity contribution is 7.89. The van der Waals surface area contributed by atoms with Crippen molar-refractivity contribution in [3.8, 4) is 11.5 Å². The van der Waals surface area contributed by atoms with Gasteiger partial charge in [-0.2, -0.15) is 0 Å². The molecule has 3 aromatic carbocycles. The maximum Gasteiger partial charge on any atom is 0.259 e. The number of rotatable bonds is 5. The Hall–Kier alpha value is -3.30. The number of benzene rings is 3. The van der Waals surface area contributed by atoms with Gasteiger partial charge in [-0.05, 0) is 53.4 Å². The number of halogens is 2. The summed E-state index contributed by atoms with van der Waals surface area (Å²) in [7, 11) is -3.95. The van der Waals surface area contributed by atoms with Gasteiger partial charge in [0.05, 0.1) is 10.5 Å². The summed E-state index contributed by atoms with van der Waals surface area (Å²) in [4.78, 5) is 12.8. The number of ether oxygens (including phenoxy) is 1. The van der Waals surface area contributed by atoms with Gasteiger partial charge >= 0.3 is 0 Å². The van der Waals surface area contributed by atoms with E-state index in [4.69, 9.17) is 9.88 Å². The zero-order valence-electron chi connectivity index (χ0n) is 17.6. The number of carbonyl (C=O) groups excluding carboxylic acids is 1. The molecule has 0 bridgehead atoms. The van der Waals surface area contributed by atoms with Crippen LogP contribution >= 0.6 is 0 Å². The fourth-order valence-corrected chi connectivity index (χ4v) is 3.45. The van der Waals surface area contributed by atoms with Gasteiger partial charge in [-0.1, -0.05) is 32.9 Å². The fraction of sp³-hybridized carbons (Fsp3) is 0.174. The number of hydrogen-bond acceptors (Lipinski definition) is 4. The Labute approximate surface area is 189 Å². The Morgan fingerprint density at radius 2 is 1.72 bits per heavy atom. The third-order valence-corrected chi connectivity index (χ3v) is 5.54. The van der Waals surface area contributed by atoms with Gasteiger partial charge in [-0.3, -0.25) is 4.79 Å². The lowest BCUT2D eigenvalue weighted by Gasteiger charge is -2.21. The highest BCUT2D eigenvalue weighted by atomic mass is 32.2. The van der Waals surface area contributed by atoms with Crippen LogP contribution < -0.4 is 15.2 Å². The van der Waals surface area contributed by atoms with Crippen LogP contribution in [-0.4, -0.2) is 14.3 Å². The second kappa shape index (κ2) is 8.68. The summed E-state index contributed by atoms with van der Waals surface area (Å²) in [5.74, 6) is -2.48. The topological polar surface area (TPSA) is 98.5 Å². The van der Waals surface area contributed by atoms with Crippen LogP contribution in [0, 0.1) is 11.6 Å². The van der Waals surface area contributed by atoms with Crippen molar-refractivity contribution in [2.24, 2.45) is 5.14 Å². The second-order valence-corrected chi connectivity index (χ2v) is 9.73. The molecule has 0 saturated carbocycles. The van der Waals surface area contributed by atoms with Gasteiger partial charge in [0.25, 0.3) is 5.91 Å². The quantitative estimate of drug-likeness (QED) is 0.504.